The van der Waals surface area contributed by atoms with Crippen molar-refractivity contribution in [1.29, 1.82) is 0 Å². The van der Waals surface area contributed by atoms with E-state index in [0.29, 0.717) is 31.7 Å². The van der Waals surface area contributed by atoms with Gasteiger partial charge in [-0.05, 0) is 25.8 Å². The van der Waals surface area contributed by atoms with Crippen molar-refractivity contribution in [3.8, 4) is 0 Å². The van der Waals surface area contributed by atoms with E-state index in [2.05, 4.69) is 4.98 Å². The molecule has 0 spiro atoms. The molecule has 1 fully saturated rings. The quantitative estimate of drug-likeness (QED) is 0.857. The normalized spacial score (nSPS) is 17.0. The van der Waals surface area contributed by atoms with Crippen molar-refractivity contribution < 1.29 is 14.0 Å². The first-order valence-corrected chi connectivity index (χ1v) is 8.52. The summed E-state index contributed by atoms with van der Waals surface area (Å²) in [5, 5.41) is 0. The SMILES string of the molecule is CCc1ncoc1C(=O)N1CCN(Cc2ccccc2)C(=O)C1(C)C. The number of aromatic nitrogens is 1. The number of hydrogen-bond donors (Lipinski definition) is 0. The Balaban J connectivity index is 1.79. The van der Waals surface area contributed by atoms with Crippen LogP contribution < -0.4 is 0 Å². The summed E-state index contributed by atoms with van der Waals surface area (Å²) in [6.07, 6.45) is 1.90. The molecule has 1 saturated heterocycles. The third-order valence-electron chi connectivity index (χ3n) is 4.71. The minimum Gasteiger partial charge on any atom is -0.438 e. The Morgan fingerprint density at radius 2 is 1.96 bits per heavy atom. The Morgan fingerprint density at radius 3 is 2.64 bits per heavy atom. The standard InChI is InChI=1S/C19H23N3O3/c1-4-15-16(25-13-20-15)17(23)22-11-10-21(18(24)19(22,2)3)12-14-8-6-5-7-9-14/h5-9,13H,4,10-12H2,1-3H3. The summed E-state index contributed by atoms with van der Waals surface area (Å²) in [7, 11) is 0. The van der Waals surface area contributed by atoms with Gasteiger partial charge in [-0.25, -0.2) is 4.98 Å². The van der Waals surface area contributed by atoms with Gasteiger partial charge in [0.25, 0.3) is 5.91 Å². The molecule has 1 aliphatic rings. The molecule has 0 unspecified atom stereocenters. The van der Waals surface area contributed by atoms with Crippen molar-refractivity contribution in [2.24, 2.45) is 0 Å². The van der Waals surface area contributed by atoms with E-state index in [-0.39, 0.29) is 17.6 Å². The largest absolute Gasteiger partial charge is 0.438 e. The predicted octanol–water partition coefficient (Wildman–Crippen LogP) is 2.50. The topological polar surface area (TPSA) is 66.7 Å². The molecule has 6 nitrogen and oxygen atoms in total. The number of carbonyl (C=O) groups is 2. The average Bonchev–Trinajstić information content (AvgIpc) is 3.08. The first-order chi connectivity index (χ1) is 11.9. The van der Waals surface area contributed by atoms with Crippen LogP contribution in [0.25, 0.3) is 0 Å². The molecule has 132 valence electrons. The second-order valence-corrected chi connectivity index (χ2v) is 6.71. The number of aryl methyl sites for hydroxylation is 1. The number of hydrogen-bond acceptors (Lipinski definition) is 4. The fourth-order valence-electron chi connectivity index (χ4n) is 3.23. The highest BCUT2D eigenvalue weighted by Gasteiger charge is 2.45. The molecule has 0 bridgehead atoms. The number of amides is 2. The van der Waals surface area contributed by atoms with E-state index in [4.69, 9.17) is 4.42 Å². The van der Waals surface area contributed by atoms with Crippen molar-refractivity contribution in [3.63, 3.8) is 0 Å². The fourth-order valence-corrected chi connectivity index (χ4v) is 3.23. The molecule has 0 aliphatic carbocycles. The molecule has 1 aliphatic heterocycles. The lowest BCUT2D eigenvalue weighted by atomic mass is 9.96. The molecular weight excluding hydrogens is 318 g/mol. The molecule has 1 aromatic heterocycles. The maximum absolute atomic E-state index is 13.0. The number of rotatable bonds is 4. The molecule has 2 amide bonds. The van der Waals surface area contributed by atoms with Gasteiger partial charge in [0.05, 0.1) is 5.69 Å². The van der Waals surface area contributed by atoms with Gasteiger partial charge in [-0.2, -0.15) is 0 Å². The van der Waals surface area contributed by atoms with Gasteiger partial charge in [0.2, 0.25) is 11.7 Å². The molecule has 2 heterocycles. The minimum atomic E-state index is -0.929. The molecule has 3 rings (SSSR count). The van der Waals surface area contributed by atoms with Crippen molar-refractivity contribution in [2.45, 2.75) is 39.3 Å². The molecule has 2 aromatic rings. The summed E-state index contributed by atoms with van der Waals surface area (Å²) in [6.45, 7) is 7.00. The van der Waals surface area contributed by atoms with E-state index in [9.17, 15) is 9.59 Å². The van der Waals surface area contributed by atoms with Crippen LogP contribution in [0.3, 0.4) is 0 Å². The lowest BCUT2D eigenvalue weighted by Crippen LogP contribution is -2.64. The summed E-state index contributed by atoms with van der Waals surface area (Å²) in [5.41, 5.74) is 0.775. The van der Waals surface area contributed by atoms with Gasteiger partial charge in [0, 0.05) is 19.6 Å². The first-order valence-electron chi connectivity index (χ1n) is 8.52. The van der Waals surface area contributed by atoms with E-state index < -0.39 is 5.54 Å². The van der Waals surface area contributed by atoms with E-state index >= 15 is 0 Å². The van der Waals surface area contributed by atoms with E-state index in [1.165, 1.54) is 6.39 Å². The van der Waals surface area contributed by atoms with Crippen LogP contribution in [0.2, 0.25) is 0 Å². The van der Waals surface area contributed by atoms with Gasteiger partial charge in [-0.15, -0.1) is 0 Å². The van der Waals surface area contributed by atoms with Crippen LogP contribution >= 0.6 is 0 Å². The average molecular weight is 341 g/mol. The second kappa shape index (κ2) is 6.70. The second-order valence-electron chi connectivity index (χ2n) is 6.71. The van der Waals surface area contributed by atoms with Crippen LogP contribution in [0.5, 0.6) is 0 Å². The highest BCUT2D eigenvalue weighted by atomic mass is 16.3. The monoisotopic (exact) mass is 341 g/mol. The van der Waals surface area contributed by atoms with Crippen molar-refractivity contribution in [3.05, 3.63) is 53.7 Å². The van der Waals surface area contributed by atoms with Crippen molar-refractivity contribution in [1.82, 2.24) is 14.8 Å². The molecule has 0 atom stereocenters. The highest BCUT2D eigenvalue weighted by Crippen LogP contribution is 2.26. The lowest BCUT2D eigenvalue weighted by Gasteiger charge is -2.45. The Morgan fingerprint density at radius 1 is 1.24 bits per heavy atom. The Kier molecular flexibility index (Phi) is 4.61. The van der Waals surface area contributed by atoms with E-state index in [0.717, 1.165) is 5.56 Å². The third-order valence-corrected chi connectivity index (χ3v) is 4.71. The van der Waals surface area contributed by atoms with Crippen LogP contribution in [0.4, 0.5) is 0 Å². The van der Waals surface area contributed by atoms with Crippen LogP contribution in [-0.2, 0) is 17.8 Å². The number of nitrogens with zero attached hydrogens (tertiary/aromatic N) is 3. The third kappa shape index (κ3) is 3.16. The number of carbonyl (C=O) groups excluding carboxylic acids is 2. The molecule has 0 saturated carbocycles. The molecule has 25 heavy (non-hydrogen) atoms. The molecule has 0 radical (unpaired) electrons. The summed E-state index contributed by atoms with van der Waals surface area (Å²) in [4.78, 5) is 33.3. The van der Waals surface area contributed by atoms with E-state index in [1.807, 2.05) is 37.3 Å². The lowest BCUT2D eigenvalue weighted by molar-refractivity contribution is -0.147. The fraction of sp³-hybridized carbons (Fsp3) is 0.421. The number of benzene rings is 1. The predicted molar refractivity (Wildman–Crippen MR) is 92.9 cm³/mol. The van der Waals surface area contributed by atoms with E-state index in [1.54, 1.807) is 23.6 Å². The van der Waals surface area contributed by atoms with Gasteiger partial charge in [0.1, 0.15) is 5.54 Å². The summed E-state index contributed by atoms with van der Waals surface area (Å²) < 4.78 is 5.29. The summed E-state index contributed by atoms with van der Waals surface area (Å²) in [6, 6.07) is 9.87. The van der Waals surface area contributed by atoms with Gasteiger partial charge in [-0.3, -0.25) is 9.59 Å². The molecule has 6 heteroatoms. The van der Waals surface area contributed by atoms with Crippen LogP contribution in [-0.4, -0.2) is 45.2 Å². The van der Waals surface area contributed by atoms with Crippen LogP contribution in [0, 0.1) is 0 Å². The maximum Gasteiger partial charge on any atom is 0.292 e. The van der Waals surface area contributed by atoms with Crippen molar-refractivity contribution >= 4 is 11.8 Å². The zero-order chi connectivity index (χ0) is 18.0. The summed E-state index contributed by atoms with van der Waals surface area (Å²) >= 11 is 0. The summed E-state index contributed by atoms with van der Waals surface area (Å²) in [5.74, 6) is -0.0968. The zero-order valence-corrected chi connectivity index (χ0v) is 14.9. The first kappa shape index (κ1) is 17.2. The van der Waals surface area contributed by atoms with Crippen LogP contribution in [0.1, 0.15) is 42.6 Å². The highest BCUT2D eigenvalue weighted by molar-refractivity contribution is 5.98. The molecule has 1 aromatic carbocycles. The Bertz CT molecular complexity index is 767. The smallest absolute Gasteiger partial charge is 0.292 e. The van der Waals surface area contributed by atoms with Crippen LogP contribution in [0.15, 0.2) is 41.1 Å². The zero-order valence-electron chi connectivity index (χ0n) is 14.9. The maximum atomic E-state index is 13.0. The molecule has 0 N–H and O–H groups in total. The Hall–Kier alpha value is -2.63. The van der Waals surface area contributed by atoms with Gasteiger partial charge < -0.3 is 14.2 Å². The Labute approximate surface area is 147 Å². The van der Waals surface area contributed by atoms with Crippen molar-refractivity contribution in [2.75, 3.05) is 13.1 Å². The number of oxazole rings is 1. The number of piperazine rings is 1. The van der Waals surface area contributed by atoms with Gasteiger partial charge in [0.15, 0.2) is 6.39 Å². The van der Waals surface area contributed by atoms with Gasteiger partial charge >= 0.3 is 0 Å². The van der Waals surface area contributed by atoms with Gasteiger partial charge in [-0.1, -0.05) is 37.3 Å². The molecular formula is C19H23N3O3. The minimum absolute atomic E-state index is 0.0616.